The summed E-state index contributed by atoms with van der Waals surface area (Å²) in [7, 11) is -2.10. The van der Waals surface area contributed by atoms with Gasteiger partial charge in [0, 0.05) is 6.17 Å². The van der Waals surface area contributed by atoms with Crippen LogP contribution in [-0.2, 0) is 13.6 Å². The molecule has 0 bridgehead atoms. The highest BCUT2D eigenvalue weighted by Gasteiger charge is 2.38. The number of hydrogen-bond acceptors (Lipinski definition) is 4. The van der Waals surface area contributed by atoms with Crippen molar-refractivity contribution in [2.24, 2.45) is 0 Å². The molecule has 2 atom stereocenters. The van der Waals surface area contributed by atoms with E-state index in [1.165, 1.54) is 0 Å². The summed E-state index contributed by atoms with van der Waals surface area (Å²) >= 11 is 0. The minimum absolute atomic E-state index is 0.134. The third kappa shape index (κ3) is 5.05. The highest BCUT2D eigenvalue weighted by molar-refractivity contribution is 6.66. The average molecular weight is 261 g/mol. The standard InChI is InChI=1S/C12H27NO3Si/c1-6-13(7-2)10-17(5)15-11(3)8-14-9-12(4)16-17/h11-12H,6-10H2,1-5H3. The van der Waals surface area contributed by atoms with Crippen LogP contribution in [-0.4, -0.2) is 58.1 Å². The van der Waals surface area contributed by atoms with Gasteiger partial charge in [-0.2, -0.15) is 0 Å². The molecule has 4 nitrogen and oxygen atoms in total. The molecule has 1 heterocycles. The van der Waals surface area contributed by atoms with Crippen molar-refractivity contribution in [1.29, 1.82) is 0 Å². The van der Waals surface area contributed by atoms with Gasteiger partial charge in [0.05, 0.1) is 25.4 Å². The Morgan fingerprint density at radius 1 is 1.06 bits per heavy atom. The van der Waals surface area contributed by atoms with Gasteiger partial charge in [-0.3, -0.25) is 0 Å². The molecule has 0 aromatic carbocycles. The van der Waals surface area contributed by atoms with Gasteiger partial charge < -0.3 is 18.5 Å². The van der Waals surface area contributed by atoms with Gasteiger partial charge in [0.2, 0.25) is 0 Å². The molecule has 1 aliphatic heterocycles. The third-order valence-electron chi connectivity index (χ3n) is 3.01. The van der Waals surface area contributed by atoms with Gasteiger partial charge in [-0.15, -0.1) is 0 Å². The van der Waals surface area contributed by atoms with Gasteiger partial charge in [-0.25, -0.2) is 0 Å². The molecule has 0 aromatic rings. The summed E-state index contributed by atoms with van der Waals surface area (Å²) in [5.74, 6) is 0. The maximum absolute atomic E-state index is 6.13. The topological polar surface area (TPSA) is 30.9 Å². The van der Waals surface area contributed by atoms with Crippen LogP contribution < -0.4 is 0 Å². The van der Waals surface area contributed by atoms with Crippen LogP contribution in [0.15, 0.2) is 0 Å². The van der Waals surface area contributed by atoms with E-state index in [0.717, 1.165) is 19.3 Å². The molecule has 0 aromatic heterocycles. The normalized spacial score (nSPS) is 35.6. The molecule has 17 heavy (non-hydrogen) atoms. The number of hydrogen-bond donors (Lipinski definition) is 0. The Morgan fingerprint density at radius 2 is 1.53 bits per heavy atom. The second-order valence-electron chi connectivity index (χ2n) is 4.99. The summed E-state index contributed by atoms with van der Waals surface area (Å²) in [5, 5.41) is 0. The van der Waals surface area contributed by atoms with Crippen LogP contribution in [0.25, 0.3) is 0 Å². The molecule has 0 radical (unpaired) electrons. The maximum Gasteiger partial charge on any atom is 0.350 e. The summed E-state index contributed by atoms with van der Waals surface area (Å²) in [5.41, 5.74) is 0. The van der Waals surface area contributed by atoms with E-state index in [9.17, 15) is 0 Å². The van der Waals surface area contributed by atoms with E-state index in [1.807, 2.05) is 0 Å². The third-order valence-corrected chi connectivity index (χ3v) is 5.83. The van der Waals surface area contributed by atoms with Crippen molar-refractivity contribution in [3.8, 4) is 0 Å². The second kappa shape index (κ2) is 6.85. The van der Waals surface area contributed by atoms with Crippen molar-refractivity contribution < 1.29 is 13.6 Å². The number of ether oxygens (including phenoxy) is 1. The van der Waals surface area contributed by atoms with E-state index in [1.54, 1.807) is 0 Å². The quantitative estimate of drug-likeness (QED) is 0.722. The van der Waals surface area contributed by atoms with E-state index in [-0.39, 0.29) is 12.2 Å². The molecule has 1 saturated heterocycles. The lowest BCUT2D eigenvalue weighted by atomic mass is 10.4. The van der Waals surface area contributed by atoms with Crippen LogP contribution in [0.5, 0.6) is 0 Å². The minimum Gasteiger partial charge on any atom is -0.388 e. The fourth-order valence-electron chi connectivity index (χ4n) is 2.27. The zero-order valence-electron chi connectivity index (χ0n) is 11.9. The predicted molar refractivity (Wildman–Crippen MR) is 71.3 cm³/mol. The highest BCUT2D eigenvalue weighted by atomic mass is 28.4. The van der Waals surface area contributed by atoms with Gasteiger partial charge in [-0.1, -0.05) is 13.8 Å². The lowest BCUT2D eigenvalue weighted by Gasteiger charge is -2.38. The Hall–Kier alpha value is 0.0569. The van der Waals surface area contributed by atoms with Crippen LogP contribution in [0.4, 0.5) is 0 Å². The smallest absolute Gasteiger partial charge is 0.350 e. The van der Waals surface area contributed by atoms with Gasteiger partial charge >= 0.3 is 8.56 Å². The molecule has 1 rings (SSSR count). The van der Waals surface area contributed by atoms with Crippen LogP contribution in [0.2, 0.25) is 6.55 Å². The Kier molecular flexibility index (Phi) is 6.09. The first-order valence-electron chi connectivity index (χ1n) is 6.64. The predicted octanol–water partition coefficient (Wildman–Crippen LogP) is 1.78. The zero-order valence-corrected chi connectivity index (χ0v) is 12.9. The largest absolute Gasteiger partial charge is 0.388 e. The summed E-state index contributed by atoms with van der Waals surface area (Å²) in [6, 6.07) is 0. The summed E-state index contributed by atoms with van der Waals surface area (Å²) in [6.07, 6.45) is 1.21. The Balaban J connectivity index is 2.65. The van der Waals surface area contributed by atoms with Crippen LogP contribution in [0.1, 0.15) is 27.7 Å². The number of nitrogens with zero attached hydrogens (tertiary/aromatic N) is 1. The molecule has 1 aliphatic rings. The molecule has 0 N–H and O–H groups in total. The Labute approximate surface area is 106 Å². The molecule has 0 aliphatic carbocycles. The van der Waals surface area contributed by atoms with Gasteiger partial charge in [0.1, 0.15) is 0 Å². The van der Waals surface area contributed by atoms with E-state index >= 15 is 0 Å². The summed E-state index contributed by atoms with van der Waals surface area (Å²) < 4.78 is 17.8. The monoisotopic (exact) mass is 261 g/mol. The lowest BCUT2D eigenvalue weighted by Crippen LogP contribution is -2.55. The lowest BCUT2D eigenvalue weighted by molar-refractivity contribution is -0.0397. The zero-order chi connectivity index (χ0) is 12.9. The van der Waals surface area contributed by atoms with Crippen LogP contribution >= 0.6 is 0 Å². The second-order valence-corrected chi connectivity index (χ2v) is 8.04. The molecule has 0 saturated carbocycles. The molecule has 1 fully saturated rings. The first-order valence-corrected chi connectivity index (χ1v) is 9.17. The van der Waals surface area contributed by atoms with Crippen molar-refractivity contribution in [2.45, 2.75) is 46.4 Å². The maximum atomic E-state index is 6.13. The Morgan fingerprint density at radius 3 is 1.94 bits per heavy atom. The van der Waals surface area contributed by atoms with Crippen molar-refractivity contribution in [3.63, 3.8) is 0 Å². The molecular formula is C12H27NO3Si. The first-order chi connectivity index (χ1) is 7.99. The Bertz CT molecular complexity index is 212. The molecule has 2 unspecified atom stereocenters. The van der Waals surface area contributed by atoms with Crippen molar-refractivity contribution >= 4 is 8.56 Å². The average Bonchev–Trinajstić information content (AvgIpc) is 2.23. The van der Waals surface area contributed by atoms with Crippen molar-refractivity contribution in [1.82, 2.24) is 4.90 Å². The van der Waals surface area contributed by atoms with Gasteiger partial charge in [0.15, 0.2) is 0 Å². The molecule has 0 spiro atoms. The summed E-state index contributed by atoms with van der Waals surface area (Å²) in [6.45, 7) is 14.1. The fraction of sp³-hybridized carbons (Fsp3) is 1.00. The molecular weight excluding hydrogens is 234 g/mol. The first kappa shape index (κ1) is 15.1. The molecule has 102 valence electrons. The fourth-order valence-corrected chi connectivity index (χ4v) is 5.58. The summed E-state index contributed by atoms with van der Waals surface area (Å²) in [4.78, 5) is 2.38. The van der Waals surface area contributed by atoms with Gasteiger partial charge in [-0.05, 0) is 33.5 Å². The van der Waals surface area contributed by atoms with E-state index in [4.69, 9.17) is 13.6 Å². The van der Waals surface area contributed by atoms with E-state index in [2.05, 4.69) is 39.1 Å². The minimum atomic E-state index is -2.10. The van der Waals surface area contributed by atoms with E-state index < -0.39 is 8.56 Å². The van der Waals surface area contributed by atoms with Crippen LogP contribution in [0, 0.1) is 0 Å². The van der Waals surface area contributed by atoms with Crippen molar-refractivity contribution in [3.05, 3.63) is 0 Å². The van der Waals surface area contributed by atoms with Crippen molar-refractivity contribution in [2.75, 3.05) is 32.5 Å². The highest BCUT2D eigenvalue weighted by Crippen LogP contribution is 2.18. The van der Waals surface area contributed by atoms with Gasteiger partial charge in [0.25, 0.3) is 0 Å². The van der Waals surface area contributed by atoms with Crippen LogP contribution in [0.3, 0.4) is 0 Å². The molecule has 0 amide bonds. The molecule has 5 heteroatoms. The SMILES string of the molecule is CCN(CC)C[Si]1(C)OC(C)COCC(C)O1. The number of rotatable bonds is 4. The van der Waals surface area contributed by atoms with E-state index in [0.29, 0.717) is 13.2 Å².